The predicted molar refractivity (Wildman–Crippen MR) is 67.5 cm³/mol. The van der Waals surface area contributed by atoms with Crippen molar-refractivity contribution in [1.29, 1.82) is 0 Å². The molecule has 1 N–H and O–H groups in total. The highest BCUT2D eigenvalue weighted by Gasteiger charge is 2.13. The highest BCUT2D eigenvalue weighted by Crippen LogP contribution is 2.24. The van der Waals surface area contributed by atoms with Crippen molar-refractivity contribution >= 4 is 11.8 Å². The molecule has 1 fully saturated rings. The zero-order valence-electron chi connectivity index (χ0n) is 9.85. The van der Waals surface area contributed by atoms with Gasteiger partial charge in [-0.3, -0.25) is 0 Å². The fraction of sp³-hybridized carbons (Fsp3) is 0.818. The van der Waals surface area contributed by atoms with E-state index in [0.717, 1.165) is 30.7 Å². The number of rotatable bonds is 5. The normalized spacial score (nSPS) is 21.2. The van der Waals surface area contributed by atoms with Gasteiger partial charge < -0.3 is 5.32 Å². The molecule has 0 bridgehead atoms. The fourth-order valence-electron chi connectivity index (χ4n) is 2.00. The topological polar surface area (TPSA) is 42.7 Å². The van der Waals surface area contributed by atoms with E-state index in [9.17, 15) is 0 Å². The smallest absolute Gasteiger partial charge is 0.140 e. The minimum absolute atomic E-state index is 0.798. The molecule has 2 rings (SSSR count). The third-order valence-electron chi connectivity index (χ3n) is 2.92. The van der Waals surface area contributed by atoms with Gasteiger partial charge in [0.25, 0.3) is 0 Å². The summed E-state index contributed by atoms with van der Waals surface area (Å²) in [7, 11) is 0. The van der Waals surface area contributed by atoms with Crippen molar-refractivity contribution < 1.29 is 0 Å². The molecule has 1 unspecified atom stereocenters. The zero-order chi connectivity index (χ0) is 11.2. The van der Waals surface area contributed by atoms with Crippen molar-refractivity contribution in [2.45, 2.75) is 44.5 Å². The van der Waals surface area contributed by atoms with Gasteiger partial charge in [0.1, 0.15) is 12.2 Å². The lowest BCUT2D eigenvalue weighted by atomic mass is 10.2. The van der Waals surface area contributed by atoms with Gasteiger partial charge in [0.05, 0.1) is 6.54 Å². The summed E-state index contributed by atoms with van der Waals surface area (Å²) in [6.45, 7) is 4.93. The van der Waals surface area contributed by atoms with Gasteiger partial charge in [0, 0.05) is 18.3 Å². The van der Waals surface area contributed by atoms with Crippen molar-refractivity contribution in [2.75, 3.05) is 12.3 Å². The van der Waals surface area contributed by atoms with Crippen LogP contribution >= 0.6 is 11.8 Å². The van der Waals surface area contributed by atoms with E-state index in [2.05, 4.69) is 34.1 Å². The molecule has 1 aliphatic heterocycles. The number of hydrogen-bond acceptors (Lipinski definition) is 4. The van der Waals surface area contributed by atoms with Gasteiger partial charge in [-0.25, -0.2) is 9.67 Å². The zero-order valence-corrected chi connectivity index (χ0v) is 10.7. The van der Waals surface area contributed by atoms with Crippen LogP contribution in [0.25, 0.3) is 0 Å². The summed E-state index contributed by atoms with van der Waals surface area (Å²) in [4.78, 5) is 4.25. The molecule has 2 heterocycles. The van der Waals surface area contributed by atoms with Crippen LogP contribution in [0.5, 0.6) is 0 Å². The van der Waals surface area contributed by atoms with E-state index in [-0.39, 0.29) is 0 Å². The first kappa shape index (κ1) is 11.9. The molecule has 90 valence electrons. The second-order valence-electron chi connectivity index (χ2n) is 4.11. The molecule has 1 aliphatic rings. The Balaban J connectivity index is 1.71. The van der Waals surface area contributed by atoms with Gasteiger partial charge in [-0.05, 0) is 25.5 Å². The number of hydrogen-bond donors (Lipinski definition) is 1. The van der Waals surface area contributed by atoms with Crippen LogP contribution < -0.4 is 5.32 Å². The van der Waals surface area contributed by atoms with Gasteiger partial charge in [0.2, 0.25) is 0 Å². The van der Waals surface area contributed by atoms with Crippen LogP contribution in [0.2, 0.25) is 0 Å². The maximum Gasteiger partial charge on any atom is 0.140 e. The van der Waals surface area contributed by atoms with E-state index in [1.807, 2.05) is 4.68 Å². The van der Waals surface area contributed by atoms with E-state index in [1.54, 1.807) is 6.33 Å². The van der Waals surface area contributed by atoms with Crippen LogP contribution in [0, 0.1) is 0 Å². The molecule has 1 atom stereocenters. The first-order valence-electron chi connectivity index (χ1n) is 6.09. The van der Waals surface area contributed by atoms with Gasteiger partial charge in [-0.2, -0.15) is 16.9 Å². The fourth-order valence-corrected chi connectivity index (χ4v) is 3.28. The molecule has 0 amide bonds. The minimum atomic E-state index is 0.798. The Kier molecular flexibility index (Phi) is 4.66. The van der Waals surface area contributed by atoms with E-state index < -0.39 is 0 Å². The number of aryl methyl sites for hydroxylation is 1. The van der Waals surface area contributed by atoms with Crippen LogP contribution in [-0.2, 0) is 13.1 Å². The molecular formula is C11H20N4S. The minimum Gasteiger partial charge on any atom is -0.309 e. The number of nitrogens with zero attached hydrogens (tertiary/aromatic N) is 3. The maximum absolute atomic E-state index is 4.25. The Labute approximate surface area is 101 Å². The number of nitrogens with one attached hydrogen (secondary N) is 1. The van der Waals surface area contributed by atoms with Crippen molar-refractivity contribution in [2.24, 2.45) is 0 Å². The van der Waals surface area contributed by atoms with Gasteiger partial charge in [-0.15, -0.1) is 0 Å². The maximum atomic E-state index is 4.25. The third-order valence-corrected chi connectivity index (χ3v) is 4.32. The quantitative estimate of drug-likeness (QED) is 0.850. The van der Waals surface area contributed by atoms with Crippen LogP contribution in [0.4, 0.5) is 0 Å². The molecule has 4 nitrogen and oxygen atoms in total. The first-order valence-corrected chi connectivity index (χ1v) is 7.14. The summed E-state index contributed by atoms with van der Waals surface area (Å²) in [5.41, 5.74) is 0. The summed E-state index contributed by atoms with van der Waals surface area (Å²) in [6.07, 6.45) is 5.78. The molecule has 0 aliphatic carbocycles. The van der Waals surface area contributed by atoms with E-state index in [4.69, 9.17) is 0 Å². The number of thioether (sulfide) groups is 1. The van der Waals surface area contributed by atoms with E-state index in [0.29, 0.717) is 0 Å². The summed E-state index contributed by atoms with van der Waals surface area (Å²) >= 11 is 2.11. The van der Waals surface area contributed by atoms with Crippen molar-refractivity contribution in [3.8, 4) is 0 Å². The largest absolute Gasteiger partial charge is 0.309 e. The molecule has 1 saturated heterocycles. The summed E-state index contributed by atoms with van der Waals surface area (Å²) in [6, 6.07) is 0. The molecule has 0 radical (unpaired) electrons. The molecule has 5 heteroatoms. The lowest BCUT2D eigenvalue weighted by Crippen LogP contribution is -2.27. The first-order chi connectivity index (χ1) is 7.90. The molecule has 0 spiro atoms. The van der Waals surface area contributed by atoms with Crippen molar-refractivity contribution in [3.05, 3.63) is 12.2 Å². The molecule has 1 aromatic heterocycles. The van der Waals surface area contributed by atoms with E-state index >= 15 is 0 Å². The lowest BCUT2D eigenvalue weighted by molar-refractivity contribution is 0.551. The molecule has 0 aromatic carbocycles. The van der Waals surface area contributed by atoms with Crippen LogP contribution in [0.1, 0.15) is 32.0 Å². The van der Waals surface area contributed by atoms with Crippen LogP contribution in [0.3, 0.4) is 0 Å². The lowest BCUT2D eigenvalue weighted by Gasteiger charge is -2.21. The van der Waals surface area contributed by atoms with Crippen LogP contribution in [-0.4, -0.2) is 32.3 Å². The van der Waals surface area contributed by atoms with Gasteiger partial charge in [0.15, 0.2) is 0 Å². The van der Waals surface area contributed by atoms with E-state index in [1.165, 1.54) is 25.0 Å². The average Bonchev–Trinajstić information content (AvgIpc) is 2.78. The highest BCUT2D eigenvalue weighted by atomic mass is 32.2. The standard InChI is InChI=1S/C11H20N4S/c1-2-15-11(13-9-14-15)8-12-7-10-5-3-4-6-16-10/h9-10,12H,2-8H2,1H3. The van der Waals surface area contributed by atoms with Gasteiger partial charge in [-0.1, -0.05) is 6.42 Å². The molecule has 1 aromatic rings. The second-order valence-corrected chi connectivity index (χ2v) is 5.52. The van der Waals surface area contributed by atoms with Crippen LogP contribution in [0.15, 0.2) is 6.33 Å². The Morgan fingerprint density at radius 3 is 3.25 bits per heavy atom. The second kappa shape index (κ2) is 6.25. The third kappa shape index (κ3) is 3.22. The summed E-state index contributed by atoms with van der Waals surface area (Å²) < 4.78 is 1.95. The Hall–Kier alpha value is -0.550. The molecular weight excluding hydrogens is 220 g/mol. The Morgan fingerprint density at radius 2 is 2.50 bits per heavy atom. The monoisotopic (exact) mass is 240 g/mol. The SMILES string of the molecule is CCn1ncnc1CNCC1CCCCS1. The van der Waals surface area contributed by atoms with Crippen molar-refractivity contribution in [1.82, 2.24) is 20.1 Å². The summed E-state index contributed by atoms with van der Waals surface area (Å²) in [5, 5.41) is 8.45. The predicted octanol–water partition coefficient (Wildman–Crippen LogP) is 1.67. The molecule has 16 heavy (non-hydrogen) atoms. The Bertz CT molecular complexity index is 307. The Morgan fingerprint density at radius 1 is 1.56 bits per heavy atom. The van der Waals surface area contributed by atoms with Crippen molar-refractivity contribution in [3.63, 3.8) is 0 Å². The summed E-state index contributed by atoms with van der Waals surface area (Å²) in [5.74, 6) is 2.38. The highest BCUT2D eigenvalue weighted by molar-refractivity contribution is 7.99. The van der Waals surface area contributed by atoms with Gasteiger partial charge >= 0.3 is 0 Å². The molecule has 0 saturated carbocycles. The number of aromatic nitrogens is 3. The average molecular weight is 240 g/mol.